The van der Waals surface area contributed by atoms with Gasteiger partial charge in [-0.05, 0) is 17.7 Å². The van der Waals surface area contributed by atoms with Crippen LogP contribution in [0.15, 0.2) is 24.3 Å². The van der Waals surface area contributed by atoms with Gasteiger partial charge in [0.2, 0.25) is 0 Å². The highest BCUT2D eigenvalue weighted by Crippen LogP contribution is 2.13. The Balaban J connectivity index is 1.88. The summed E-state index contributed by atoms with van der Waals surface area (Å²) in [5.74, 6) is -1.03. The van der Waals surface area contributed by atoms with Gasteiger partial charge >= 0.3 is 17.8 Å². The van der Waals surface area contributed by atoms with Gasteiger partial charge in [0.15, 0.2) is 0 Å². The first-order valence-electron chi connectivity index (χ1n) is 6.10. The van der Waals surface area contributed by atoms with E-state index in [2.05, 4.69) is 0 Å². The molecule has 0 radical (unpaired) electrons. The zero-order valence-electron chi connectivity index (χ0n) is 11.0. The van der Waals surface area contributed by atoms with E-state index in [1.54, 1.807) is 12.1 Å². The van der Waals surface area contributed by atoms with Crippen molar-refractivity contribution in [3.8, 4) is 5.75 Å². The summed E-state index contributed by atoms with van der Waals surface area (Å²) < 4.78 is 5.42. The number of nitrogens with two attached hydrogens (primary N) is 1. The van der Waals surface area contributed by atoms with E-state index in [0.29, 0.717) is 12.3 Å². The molecule has 1 aromatic rings. The van der Waals surface area contributed by atoms with Crippen molar-refractivity contribution in [2.45, 2.75) is 6.54 Å². The van der Waals surface area contributed by atoms with Crippen molar-refractivity contribution < 1.29 is 19.1 Å². The fraction of sp³-hybridized carbons (Fsp3) is 0.308. The van der Waals surface area contributed by atoms with Crippen LogP contribution in [0.4, 0.5) is 4.79 Å². The van der Waals surface area contributed by atoms with Gasteiger partial charge < -0.3 is 10.5 Å². The van der Waals surface area contributed by atoms with E-state index in [0.717, 1.165) is 15.4 Å². The smallest absolute Gasteiger partial charge is 0.334 e. The second-order valence-electron chi connectivity index (χ2n) is 4.30. The third kappa shape index (κ3) is 2.62. The predicted molar refractivity (Wildman–Crippen MR) is 69.7 cm³/mol. The van der Waals surface area contributed by atoms with Crippen LogP contribution in [-0.2, 0) is 16.1 Å². The average Bonchev–Trinajstić information content (AvgIpc) is 2.65. The van der Waals surface area contributed by atoms with Gasteiger partial charge in [-0.2, -0.15) is 0 Å². The van der Waals surface area contributed by atoms with Crippen molar-refractivity contribution >= 4 is 17.8 Å². The molecule has 1 saturated heterocycles. The lowest BCUT2D eigenvalue weighted by molar-refractivity contribution is -0.142. The molecular weight excluding hydrogens is 262 g/mol. The van der Waals surface area contributed by atoms with E-state index in [-0.39, 0.29) is 13.2 Å². The van der Waals surface area contributed by atoms with Crippen LogP contribution >= 0.6 is 0 Å². The van der Waals surface area contributed by atoms with Gasteiger partial charge in [0.1, 0.15) is 12.4 Å². The van der Waals surface area contributed by atoms with Crippen molar-refractivity contribution in [3.63, 3.8) is 0 Å². The molecule has 0 saturated carbocycles. The number of ether oxygens (including phenoxy) is 1. The summed E-state index contributed by atoms with van der Waals surface area (Å²) in [5, 5.41) is 0. The predicted octanol–water partition coefficient (Wildman–Crippen LogP) is -0.0553. The summed E-state index contributed by atoms with van der Waals surface area (Å²) in [6.07, 6.45) is 0. The molecule has 1 aliphatic rings. The lowest BCUT2D eigenvalue weighted by Gasteiger charge is -2.13. The van der Waals surface area contributed by atoms with Crippen LogP contribution in [-0.4, -0.2) is 47.8 Å². The van der Waals surface area contributed by atoms with E-state index in [4.69, 9.17) is 10.5 Å². The Kier molecular flexibility index (Phi) is 3.99. The normalized spacial score (nSPS) is 15.2. The first-order chi connectivity index (χ1) is 9.54. The summed E-state index contributed by atoms with van der Waals surface area (Å²) in [6.45, 7) is 0.610. The maximum Gasteiger partial charge on any atom is 0.334 e. The Morgan fingerprint density at radius 2 is 1.75 bits per heavy atom. The van der Waals surface area contributed by atoms with Crippen molar-refractivity contribution in [1.82, 2.24) is 9.80 Å². The molecule has 106 valence electrons. The molecule has 4 amide bonds. The molecule has 7 nitrogen and oxygen atoms in total. The molecule has 0 bridgehead atoms. The molecule has 1 aromatic carbocycles. The first kappa shape index (κ1) is 14.0. The van der Waals surface area contributed by atoms with Gasteiger partial charge in [-0.15, -0.1) is 0 Å². The monoisotopic (exact) mass is 277 g/mol. The highest BCUT2D eigenvalue weighted by Gasteiger charge is 2.41. The number of likely N-dealkylation sites (N-methyl/N-ethyl adjacent to an activating group) is 1. The standard InChI is InChI=1S/C13H15N3O4/c1-15-11(17)12(18)16(13(15)19)6-7-20-10-4-2-9(8-14)3-5-10/h2-5H,6-8,14H2,1H3. The van der Waals surface area contributed by atoms with Gasteiger partial charge in [0.25, 0.3) is 0 Å². The molecule has 0 spiro atoms. The summed E-state index contributed by atoms with van der Waals surface area (Å²) >= 11 is 0. The quantitative estimate of drug-likeness (QED) is 0.601. The molecular formula is C13H15N3O4. The van der Waals surface area contributed by atoms with Crippen LogP contribution in [0.5, 0.6) is 5.75 Å². The molecule has 0 unspecified atom stereocenters. The van der Waals surface area contributed by atoms with E-state index in [1.165, 1.54) is 7.05 Å². The maximum atomic E-state index is 11.6. The van der Waals surface area contributed by atoms with Crippen LogP contribution in [0, 0.1) is 0 Å². The summed E-state index contributed by atoms with van der Waals surface area (Å²) in [7, 11) is 1.27. The third-order valence-corrected chi connectivity index (χ3v) is 2.99. The number of rotatable bonds is 5. The SMILES string of the molecule is CN1C(=O)C(=O)N(CCOc2ccc(CN)cc2)C1=O. The fourth-order valence-corrected chi connectivity index (χ4v) is 1.79. The zero-order valence-corrected chi connectivity index (χ0v) is 11.0. The number of amides is 4. The van der Waals surface area contributed by atoms with Crippen LogP contribution in [0.25, 0.3) is 0 Å². The number of nitrogens with zero attached hydrogens (tertiary/aromatic N) is 2. The van der Waals surface area contributed by atoms with Crippen molar-refractivity contribution in [2.75, 3.05) is 20.2 Å². The van der Waals surface area contributed by atoms with Crippen molar-refractivity contribution in [2.24, 2.45) is 5.73 Å². The summed E-state index contributed by atoms with van der Waals surface area (Å²) in [6, 6.07) is 6.56. The summed E-state index contributed by atoms with van der Waals surface area (Å²) in [4.78, 5) is 36.0. The van der Waals surface area contributed by atoms with Crippen LogP contribution in [0.2, 0.25) is 0 Å². The highest BCUT2D eigenvalue weighted by atomic mass is 16.5. The molecule has 2 rings (SSSR count). The Hall–Kier alpha value is -2.41. The van der Waals surface area contributed by atoms with Gasteiger partial charge in [0, 0.05) is 13.6 Å². The molecule has 1 aliphatic heterocycles. The van der Waals surface area contributed by atoms with E-state index >= 15 is 0 Å². The number of hydrogen-bond donors (Lipinski definition) is 1. The van der Waals surface area contributed by atoms with Gasteiger partial charge in [0.05, 0.1) is 6.54 Å². The summed E-state index contributed by atoms with van der Waals surface area (Å²) in [5.41, 5.74) is 6.46. The fourth-order valence-electron chi connectivity index (χ4n) is 1.79. The van der Waals surface area contributed by atoms with Crippen LogP contribution < -0.4 is 10.5 Å². The Labute approximate surface area is 115 Å². The highest BCUT2D eigenvalue weighted by molar-refractivity contribution is 6.44. The molecule has 0 atom stereocenters. The molecule has 2 N–H and O–H groups in total. The average molecular weight is 277 g/mol. The Bertz CT molecular complexity index is 541. The minimum Gasteiger partial charge on any atom is -0.492 e. The number of benzene rings is 1. The second-order valence-corrected chi connectivity index (χ2v) is 4.30. The van der Waals surface area contributed by atoms with E-state index in [9.17, 15) is 14.4 Å². The topological polar surface area (TPSA) is 92.9 Å². The molecule has 0 aromatic heterocycles. The van der Waals surface area contributed by atoms with Gasteiger partial charge in [-0.25, -0.2) is 4.79 Å². The lowest BCUT2D eigenvalue weighted by Crippen LogP contribution is -2.35. The first-order valence-corrected chi connectivity index (χ1v) is 6.10. The molecule has 20 heavy (non-hydrogen) atoms. The van der Waals surface area contributed by atoms with Gasteiger partial charge in [-0.1, -0.05) is 12.1 Å². The van der Waals surface area contributed by atoms with Gasteiger partial charge in [-0.3, -0.25) is 19.4 Å². The van der Waals surface area contributed by atoms with Crippen molar-refractivity contribution in [1.29, 1.82) is 0 Å². The van der Waals surface area contributed by atoms with E-state index < -0.39 is 17.8 Å². The number of carbonyl (C=O) groups is 3. The number of hydrogen-bond acceptors (Lipinski definition) is 5. The maximum absolute atomic E-state index is 11.6. The van der Waals surface area contributed by atoms with Crippen LogP contribution in [0.3, 0.4) is 0 Å². The number of imide groups is 2. The zero-order chi connectivity index (χ0) is 14.7. The second kappa shape index (κ2) is 5.70. The van der Waals surface area contributed by atoms with Crippen molar-refractivity contribution in [3.05, 3.63) is 29.8 Å². The molecule has 7 heteroatoms. The minimum absolute atomic E-state index is 0.0341. The lowest BCUT2D eigenvalue weighted by atomic mass is 10.2. The molecule has 1 fully saturated rings. The molecule has 1 heterocycles. The Morgan fingerprint density at radius 3 is 2.25 bits per heavy atom. The third-order valence-electron chi connectivity index (χ3n) is 2.99. The molecule has 0 aliphatic carbocycles. The number of urea groups is 1. The Morgan fingerprint density at radius 1 is 1.10 bits per heavy atom. The largest absolute Gasteiger partial charge is 0.492 e. The van der Waals surface area contributed by atoms with E-state index in [1.807, 2.05) is 12.1 Å². The number of carbonyl (C=O) groups excluding carboxylic acids is 3. The minimum atomic E-state index is -0.820. The van der Waals surface area contributed by atoms with Crippen LogP contribution in [0.1, 0.15) is 5.56 Å².